The Bertz CT molecular complexity index is 1770. The number of aromatic nitrogens is 4. The van der Waals surface area contributed by atoms with Crippen LogP contribution < -0.4 is 16.1 Å². The lowest BCUT2D eigenvalue weighted by Gasteiger charge is -2.36. The van der Waals surface area contributed by atoms with Crippen LogP contribution in [0.1, 0.15) is 11.4 Å². The van der Waals surface area contributed by atoms with Crippen molar-refractivity contribution in [1.29, 1.82) is 0 Å². The zero-order chi connectivity index (χ0) is 26.4. The second kappa shape index (κ2) is 9.78. The van der Waals surface area contributed by atoms with Gasteiger partial charge in [0.1, 0.15) is 5.82 Å². The largest absolute Gasteiger partial charge is 0.369 e. The van der Waals surface area contributed by atoms with E-state index in [9.17, 15) is 9.59 Å². The van der Waals surface area contributed by atoms with Gasteiger partial charge < -0.3 is 9.47 Å². The molecular formula is C29H29ClN6O2. The highest BCUT2D eigenvalue weighted by Crippen LogP contribution is 2.24. The lowest BCUT2D eigenvalue weighted by molar-refractivity contribution is 0.241. The lowest BCUT2D eigenvalue weighted by Crippen LogP contribution is -2.46. The third-order valence-electron chi connectivity index (χ3n) is 7.55. The first-order valence-corrected chi connectivity index (χ1v) is 13.1. The van der Waals surface area contributed by atoms with E-state index in [4.69, 9.17) is 16.6 Å². The molecule has 194 valence electrons. The molecule has 0 aliphatic carbocycles. The van der Waals surface area contributed by atoms with E-state index >= 15 is 0 Å². The van der Waals surface area contributed by atoms with Gasteiger partial charge in [-0.05, 0) is 34.5 Å². The Labute approximate surface area is 224 Å². The van der Waals surface area contributed by atoms with E-state index in [0.29, 0.717) is 24.3 Å². The average Bonchev–Trinajstić information content (AvgIpc) is 3.29. The fourth-order valence-corrected chi connectivity index (χ4v) is 5.60. The third kappa shape index (κ3) is 4.29. The molecule has 5 aromatic rings. The minimum atomic E-state index is -0.376. The maximum Gasteiger partial charge on any atom is 0.332 e. The van der Waals surface area contributed by atoms with E-state index < -0.39 is 0 Å². The van der Waals surface area contributed by atoms with Gasteiger partial charge >= 0.3 is 5.69 Å². The molecule has 38 heavy (non-hydrogen) atoms. The summed E-state index contributed by atoms with van der Waals surface area (Å²) < 4.78 is 4.64. The summed E-state index contributed by atoms with van der Waals surface area (Å²) in [6, 6.07) is 22.4. The monoisotopic (exact) mass is 528 g/mol. The molecule has 0 radical (unpaired) electrons. The number of fused-ring (bicyclic) bond motifs is 2. The van der Waals surface area contributed by atoms with Crippen LogP contribution in [0.5, 0.6) is 0 Å². The third-order valence-corrected chi connectivity index (χ3v) is 7.78. The zero-order valence-electron chi connectivity index (χ0n) is 21.5. The van der Waals surface area contributed by atoms with Gasteiger partial charge in [-0.3, -0.25) is 18.8 Å². The van der Waals surface area contributed by atoms with Crippen molar-refractivity contribution in [1.82, 2.24) is 23.6 Å². The van der Waals surface area contributed by atoms with E-state index in [2.05, 4.69) is 40.1 Å². The maximum atomic E-state index is 13.4. The van der Waals surface area contributed by atoms with Crippen LogP contribution in [-0.2, 0) is 27.2 Å². The molecule has 2 aromatic heterocycles. The van der Waals surface area contributed by atoms with Gasteiger partial charge in [0.25, 0.3) is 5.56 Å². The molecule has 1 fully saturated rings. The Kier molecular flexibility index (Phi) is 6.29. The standard InChI is InChI=1S/C29H29ClN6O2/c1-32-27-26(28(37)33(2)29(32)38)36(18-21-9-5-8-20-7-3-4-12-24(20)21)25(31-27)19-34-13-15-35(16-14-34)23-11-6-10-22(30)17-23/h3-12,17H,13-16,18-19H2,1-2H3. The topological polar surface area (TPSA) is 68.3 Å². The molecule has 9 heteroatoms. The Morgan fingerprint density at radius 3 is 2.37 bits per heavy atom. The smallest absolute Gasteiger partial charge is 0.332 e. The van der Waals surface area contributed by atoms with Crippen molar-refractivity contribution in [3.05, 3.63) is 104 Å². The van der Waals surface area contributed by atoms with Crippen molar-refractivity contribution in [2.45, 2.75) is 13.1 Å². The fourth-order valence-electron chi connectivity index (χ4n) is 5.42. The molecule has 0 atom stereocenters. The van der Waals surface area contributed by atoms with Gasteiger partial charge in [0, 0.05) is 51.0 Å². The van der Waals surface area contributed by atoms with E-state index in [-0.39, 0.29) is 11.2 Å². The minimum absolute atomic E-state index is 0.326. The molecule has 0 unspecified atom stereocenters. The molecule has 3 aromatic carbocycles. The van der Waals surface area contributed by atoms with Gasteiger partial charge in [-0.15, -0.1) is 0 Å². The summed E-state index contributed by atoms with van der Waals surface area (Å²) in [5.74, 6) is 0.780. The van der Waals surface area contributed by atoms with E-state index in [0.717, 1.165) is 63.6 Å². The molecular weight excluding hydrogens is 500 g/mol. The van der Waals surface area contributed by atoms with E-state index in [1.165, 1.54) is 11.6 Å². The number of benzene rings is 3. The number of piperazine rings is 1. The molecule has 0 spiro atoms. The average molecular weight is 529 g/mol. The summed E-state index contributed by atoms with van der Waals surface area (Å²) in [5.41, 5.74) is 2.40. The molecule has 1 saturated heterocycles. The van der Waals surface area contributed by atoms with Crippen molar-refractivity contribution in [2.75, 3.05) is 31.1 Å². The van der Waals surface area contributed by atoms with Crippen LogP contribution in [0, 0.1) is 0 Å². The van der Waals surface area contributed by atoms with Crippen LogP contribution in [0.25, 0.3) is 21.9 Å². The number of aryl methyl sites for hydroxylation is 1. The second-order valence-electron chi connectivity index (χ2n) is 9.87. The fraction of sp³-hybridized carbons (Fsp3) is 0.276. The summed E-state index contributed by atoms with van der Waals surface area (Å²) in [4.78, 5) is 35.6. The predicted octanol–water partition coefficient (Wildman–Crippen LogP) is 3.61. The Morgan fingerprint density at radius 1 is 0.842 bits per heavy atom. The first-order valence-electron chi connectivity index (χ1n) is 12.8. The number of hydrogen-bond donors (Lipinski definition) is 0. The van der Waals surface area contributed by atoms with Gasteiger partial charge in [-0.2, -0.15) is 0 Å². The number of rotatable bonds is 5. The van der Waals surface area contributed by atoms with E-state index in [1.807, 2.05) is 41.0 Å². The molecule has 8 nitrogen and oxygen atoms in total. The van der Waals surface area contributed by atoms with Crippen molar-refractivity contribution in [2.24, 2.45) is 14.1 Å². The van der Waals surface area contributed by atoms with Crippen LogP contribution in [0.2, 0.25) is 5.02 Å². The van der Waals surface area contributed by atoms with Gasteiger partial charge in [-0.1, -0.05) is 60.1 Å². The molecule has 3 heterocycles. The van der Waals surface area contributed by atoms with Gasteiger partial charge in [0.05, 0.1) is 13.1 Å². The quantitative estimate of drug-likeness (QED) is 0.348. The number of anilines is 1. The molecule has 0 N–H and O–H groups in total. The van der Waals surface area contributed by atoms with Crippen molar-refractivity contribution in [3.63, 3.8) is 0 Å². The number of nitrogens with zero attached hydrogens (tertiary/aromatic N) is 6. The minimum Gasteiger partial charge on any atom is -0.369 e. The normalized spacial score (nSPS) is 14.6. The maximum absolute atomic E-state index is 13.4. The second-order valence-corrected chi connectivity index (χ2v) is 10.3. The summed E-state index contributed by atoms with van der Waals surface area (Å²) >= 11 is 6.21. The summed E-state index contributed by atoms with van der Waals surface area (Å²) in [7, 11) is 3.20. The highest BCUT2D eigenvalue weighted by molar-refractivity contribution is 6.30. The molecule has 6 rings (SSSR count). The molecule has 0 saturated carbocycles. The Morgan fingerprint density at radius 2 is 1.58 bits per heavy atom. The molecule has 1 aliphatic rings. The number of hydrogen-bond acceptors (Lipinski definition) is 5. The van der Waals surface area contributed by atoms with Crippen molar-refractivity contribution in [3.8, 4) is 0 Å². The van der Waals surface area contributed by atoms with Crippen LogP contribution in [0.15, 0.2) is 76.3 Å². The van der Waals surface area contributed by atoms with Gasteiger partial charge in [0.15, 0.2) is 11.2 Å². The van der Waals surface area contributed by atoms with Gasteiger partial charge in [-0.25, -0.2) is 9.78 Å². The molecule has 0 bridgehead atoms. The predicted molar refractivity (Wildman–Crippen MR) is 152 cm³/mol. The van der Waals surface area contributed by atoms with Gasteiger partial charge in [0.2, 0.25) is 0 Å². The molecule has 0 amide bonds. The van der Waals surface area contributed by atoms with Crippen LogP contribution in [0.3, 0.4) is 0 Å². The lowest BCUT2D eigenvalue weighted by atomic mass is 10.0. The SMILES string of the molecule is Cn1c(=O)c2c(nc(CN3CCN(c4cccc(Cl)c4)CC3)n2Cc2cccc3ccccc23)n(C)c1=O. The number of halogens is 1. The van der Waals surface area contributed by atoms with Crippen LogP contribution >= 0.6 is 11.6 Å². The summed E-state index contributed by atoms with van der Waals surface area (Å²) in [5, 5.41) is 3.02. The summed E-state index contributed by atoms with van der Waals surface area (Å²) in [6.07, 6.45) is 0. The first-order chi connectivity index (χ1) is 18.4. The Hall–Kier alpha value is -3.88. The number of imidazole rings is 1. The summed E-state index contributed by atoms with van der Waals surface area (Å²) in [6.45, 7) is 4.50. The highest BCUT2D eigenvalue weighted by Gasteiger charge is 2.24. The van der Waals surface area contributed by atoms with E-state index in [1.54, 1.807) is 7.05 Å². The van der Waals surface area contributed by atoms with Crippen molar-refractivity contribution >= 4 is 39.2 Å². The van der Waals surface area contributed by atoms with Crippen molar-refractivity contribution < 1.29 is 0 Å². The zero-order valence-corrected chi connectivity index (χ0v) is 22.2. The Balaban J connectivity index is 1.37. The van der Waals surface area contributed by atoms with Crippen LogP contribution in [0.4, 0.5) is 5.69 Å². The first kappa shape index (κ1) is 24.5. The highest BCUT2D eigenvalue weighted by atomic mass is 35.5. The van der Waals surface area contributed by atoms with Crippen LogP contribution in [-0.4, -0.2) is 49.8 Å². The molecule has 1 aliphatic heterocycles.